The van der Waals surface area contributed by atoms with Crippen molar-refractivity contribution in [1.82, 2.24) is 0 Å². The second-order valence-electron chi connectivity index (χ2n) is 6.18. The largest absolute Gasteiger partial charge is 0.506 e. The van der Waals surface area contributed by atoms with Crippen LogP contribution in [0.2, 0.25) is 0 Å². The summed E-state index contributed by atoms with van der Waals surface area (Å²) in [5.41, 5.74) is 2.46. The Morgan fingerprint density at radius 3 is 2.31 bits per heavy atom. The van der Waals surface area contributed by atoms with Gasteiger partial charge in [0, 0.05) is 6.07 Å². The van der Waals surface area contributed by atoms with E-state index in [4.69, 9.17) is 14.2 Å². The number of nitrogens with zero attached hydrogens (tertiary/aromatic N) is 1. The Morgan fingerprint density at radius 2 is 1.72 bits per heavy atom. The van der Waals surface area contributed by atoms with Crippen LogP contribution >= 0.6 is 11.8 Å². The van der Waals surface area contributed by atoms with Crippen LogP contribution in [0.15, 0.2) is 63.7 Å². The number of aliphatic hydroxyl groups is 1. The maximum Gasteiger partial charge on any atom is 0.344 e. The molecule has 1 N–H and O–H groups in total. The van der Waals surface area contributed by atoms with Crippen molar-refractivity contribution in [2.24, 2.45) is 4.99 Å². The average molecular weight is 411 g/mol. The van der Waals surface area contributed by atoms with Gasteiger partial charge in [0.1, 0.15) is 27.9 Å². The Hall–Kier alpha value is -3.19. The molecule has 0 bridgehead atoms. The Bertz CT molecular complexity index is 1020. The lowest BCUT2D eigenvalue weighted by atomic mass is 10.1. The predicted octanol–water partition coefficient (Wildman–Crippen LogP) is 4.82. The lowest BCUT2D eigenvalue weighted by molar-refractivity contribution is -0.135. The van der Waals surface area contributed by atoms with Crippen molar-refractivity contribution >= 4 is 34.5 Å². The second-order valence-corrected chi connectivity index (χ2v) is 7.21. The molecule has 1 aliphatic heterocycles. The van der Waals surface area contributed by atoms with Crippen LogP contribution in [0.5, 0.6) is 11.5 Å². The molecule has 0 atom stereocenters. The number of esters is 1. The van der Waals surface area contributed by atoms with E-state index < -0.39 is 5.97 Å². The van der Waals surface area contributed by atoms with Crippen LogP contribution in [0.3, 0.4) is 0 Å². The van der Waals surface area contributed by atoms with Crippen molar-refractivity contribution in [3.05, 3.63) is 69.8 Å². The molecular weight excluding hydrogens is 390 g/mol. The summed E-state index contributed by atoms with van der Waals surface area (Å²) in [7, 11) is 4.40. The van der Waals surface area contributed by atoms with Crippen LogP contribution in [0.25, 0.3) is 6.08 Å². The van der Waals surface area contributed by atoms with Gasteiger partial charge in [-0.15, -0.1) is 0 Å². The molecule has 3 rings (SSSR count). The SMILES string of the molecule is COC(=O)C1=C(O)C(=Cc2cc(OC)cc(OC)c2)SC1=Nc1ccccc1C. The fourth-order valence-corrected chi connectivity index (χ4v) is 3.78. The van der Waals surface area contributed by atoms with Crippen LogP contribution < -0.4 is 9.47 Å². The highest BCUT2D eigenvalue weighted by Gasteiger charge is 2.33. The summed E-state index contributed by atoms with van der Waals surface area (Å²) in [4.78, 5) is 17.4. The van der Waals surface area contributed by atoms with Crippen LogP contribution in [0.4, 0.5) is 5.69 Å². The minimum Gasteiger partial charge on any atom is -0.506 e. The smallest absolute Gasteiger partial charge is 0.344 e. The second kappa shape index (κ2) is 8.87. The molecule has 0 aliphatic carbocycles. The minimum absolute atomic E-state index is 0.0434. The highest BCUT2D eigenvalue weighted by atomic mass is 32.2. The summed E-state index contributed by atoms with van der Waals surface area (Å²) in [6.07, 6.45) is 1.74. The minimum atomic E-state index is -0.644. The van der Waals surface area contributed by atoms with Crippen molar-refractivity contribution in [1.29, 1.82) is 0 Å². The van der Waals surface area contributed by atoms with E-state index in [0.717, 1.165) is 11.1 Å². The summed E-state index contributed by atoms with van der Waals surface area (Å²) < 4.78 is 15.4. The number of methoxy groups -OCH3 is 3. The fraction of sp³-hybridized carbons (Fsp3) is 0.182. The number of rotatable bonds is 5. The number of hydrogen-bond acceptors (Lipinski definition) is 7. The molecule has 0 unspecified atom stereocenters. The summed E-state index contributed by atoms with van der Waals surface area (Å²) in [6, 6.07) is 12.9. The Morgan fingerprint density at radius 1 is 1.07 bits per heavy atom. The lowest BCUT2D eigenvalue weighted by Gasteiger charge is -2.06. The van der Waals surface area contributed by atoms with E-state index in [1.54, 1.807) is 38.5 Å². The molecule has 150 valence electrons. The topological polar surface area (TPSA) is 77.4 Å². The fourth-order valence-electron chi connectivity index (χ4n) is 2.75. The Labute approximate surface area is 173 Å². The molecule has 0 saturated heterocycles. The molecule has 7 heteroatoms. The number of carbonyl (C=O) groups excluding carboxylic acids is 1. The predicted molar refractivity (Wildman–Crippen MR) is 115 cm³/mol. The average Bonchev–Trinajstić information content (AvgIpc) is 3.03. The Balaban J connectivity index is 2.08. The van der Waals surface area contributed by atoms with E-state index in [-0.39, 0.29) is 11.3 Å². The Kier molecular flexibility index (Phi) is 6.29. The normalized spacial score (nSPS) is 16.4. The van der Waals surface area contributed by atoms with Gasteiger partial charge >= 0.3 is 5.97 Å². The van der Waals surface area contributed by atoms with Crippen molar-refractivity contribution in [2.45, 2.75) is 6.92 Å². The van der Waals surface area contributed by atoms with E-state index in [9.17, 15) is 9.90 Å². The van der Waals surface area contributed by atoms with Crippen molar-refractivity contribution in [2.75, 3.05) is 21.3 Å². The molecule has 0 amide bonds. The molecule has 0 radical (unpaired) electrons. The van der Waals surface area contributed by atoms with Gasteiger partial charge in [0.15, 0.2) is 0 Å². The van der Waals surface area contributed by atoms with Gasteiger partial charge in [-0.2, -0.15) is 0 Å². The van der Waals surface area contributed by atoms with Crippen LogP contribution in [-0.2, 0) is 9.53 Å². The quantitative estimate of drug-likeness (QED) is 0.711. The lowest BCUT2D eigenvalue weighted by Crippen LogP contribution is -2.10. The zero-order valence-corrected chi connectivity index (χ0v) is 17.4. The summed E-state index contributed by atoms with van der Waals surface area (Å²) in [5, 5.41) is 11.1. The first-order chi connectivity index (χ1) is 14.0. The number of aliphatic hydroxyl groups excluding tert-OH is 1. The number of aliphatic imine (C=N–C) groups is 1. The summed E-state index contributed by atoms with van der Waals surface area (Å²) in [5.74, 6) is 0.416. The highest BCUT2D eigenvalue weighted by molar-refractivity contribution is 8.18. The van der Waals surface area contributed by atoms with Crippen LogP contribution in [0, 0.1) is 6.92 Å². The summed E-state index contributed by atoms with van der Waals surface area (Å²) in [6.45, 7) is 1.93. The van der Waals surface area contributed by atoms with Gasteiger partial charge in [-0.25, -0.2) is 9.79 Å². The first-order valence-electron chi connectivity index (χ1n) is 8.76. The van der Waals surface area contributed by atoms with E-state index >= 15 is 0 Å². The number of aryl methyl sites for hydroxylation is 1. The highest BCUT2D eigenvalue weighted by Crippen LogP contribution is 2.41. The van der Waals surface area contributed by atoms with Crippen LogP contribution in [-0.4, -0.2) is 37.4 Å². The molecule has 2 aromatic carbocycles. The van der Waals surface area contributed by atoms with E-state index in [1.807, 2.05) is 31.2 Å². The first kappa shape index (κ1) is 20.5. The molecule has 6 nitrogen and oxygen atoms in total. The molecule has 0 spiro atoms. The van der Waals surface area contributed by atoms with Gasteiger partial charge in [-0.05, 0) is 42.3 Å². The van der Waals surface area contributed by atoms with E-state index in [0.29, 0.717) is 27.1 Å². The third-order valence-electron chi connectivity index (χ3n) is 4.29. The van der Waals surface area contributed by atoms with Gasteiger partial charge in [0.2, 0.25) is 0 Å². The molecule has 2 aromatic rings. The van der Waals surface area contributed by atoms with Gasteiger partial charge in [0.25, 0.3) is 0 Å². The molecule has 1 aliphatic rings. The summed E-state index contributed by atoms with van der Waals surface area (Å²) >= 11 is 1.20. The van der Waals surface area contributed by atoms with Crippen molar-refractivity contribution in [3.8, 4) is 11.5 Å². The van der Waals surface area contributed by atoms with E-state index in [2.05, 4.69) is 4.99 Å². The number of ether oxygens (including phenoxy) is 3. The number of carbonyl (C=O) groups is 1. The molecule has 0 saturated carbocycles. The number of benzene rings is 2. The maximum atomic E-state index is 12.3. The zero-order chi connectivity index (χ0) is 21.0. The standard InChI is InChI=1S/C22H21NO5S/c1-13-7-5-6-8-17(13)23-21-19(22(25)28-4)20(24)18(29-21)11-14-9-15(26-2)12-16(10-14)27-3/h5-12,24H,1-4H3. The molecule has 1 heterocycles. The van der Waals surface area contributed by atoms with Crippen LogP contribution in [0.1, 0.15) is 11.1 Å². The molecular formula is C22H21NO5S. The van der Waals surface area contributed by atoms with Gasteiger partial charge in [-0.1, -0.05) is 30.0 Å². The van der Waals surface area contributed by atoms with Crippen molar-refractivity contribution in [3.63, 3.8) is 0 Å². The molecule has 0 fully saturated rings. The zero-order valence-electron chi connectivity index (χ0n) is 16.6. The third kappa shape index (κ3) is 4.46. The third-order valence-corrected chi connectivity index (χ3v) is 5.31. The number of thioether (sulfide) groups is 1. The first-order valence-corrected chi connectivity index (χ1v) is 9.57. The maximum absolute atomic E-state index is 12.3. The number of hydrogen-bond donors (Lipinski definition) is 1. The van der Waals surface area contributed by atoms with Gasteiger partial charge < -0.3 is 19.3 Å². The number of para-hydroxylation sites is 1. The van der Waals surface area contributed by atoms with E-state index in [1.165, 1.54) is 18.9 Å². The molecule has 29 heavy (non-hydrogen) atoms. The van der Waals surface area contributed by atoms with Crippen molar-refractivity contribution < 1.29 is 24.1 Å². The molecule has 0 aromatic heterocycles. The van der Waals surface area contributed by atoms with Gasteiger partial charge in [-0.3, -0.25) is 0 Å². The van der Waals surface area contributed by atoms with Gasteiger partial charge in [0.05, 0.1) is 31.9 Å². The monoisotopic (exact) mass is 411 g/mol.